The van der Waals surface area contributed by atoms with Crippen LogP contribution in [0.1, 0.15) is 161 Å². The molecule has 1 spiro atoms. The van der Waals surface area contributed by atoms with Crippen molar-refractivity contribution in [1.82, 2.24) is 15.5 Å². The molecule has 8 N–H and O–H groups in total. The number of ether oxygens (including phenoxy) is 2. The molecule has 12 nitrogen and oxygen atoms in total. The molecule has 0 aromatic rings. The Morgan fingerprint density at radius 3 is 2.47 bits per heavy atom. The number of hydrogen-bond acceptors (Lipinski definition) is 13. The van der Waals surface area contributed by atoms with Gasteiger partial charge in [-0.1, -0.05) is 60.1 Å². The lowest BCUT2D eigenvalue weighted by Crippen LogP contribution is -2.49. The highest BCUT2D eigenvalue weighted by atomic mass is 33.1. The second-order valence-corrected chi connectivity index (χ2v) is 23.1. The van der Waals surface area contributed by atoms with Gasteiger partial charge in [0.15, 0.2) is 5.96 Å². The predicted octanol–water partition coefficient (Wildman–Crippen LogP) is 6.36. The zero-order valence-electron chi connectivity index (χ0n) is 36.1. The van der Waals surface area contributed by atoms with E-state index < -0.39 is 17.8 Å². The molecular weight excluding hydrogens is 785 g/mol. The van der Waals surface area contributed by atoms with Crippen molar-refractivity contribution < 1.29 is 29.3 Å². The summed E-state index contributed by atoms with van der Waals surface area (Å²) in [6, 6.07) is 0. The molecule has 14 heteroatoms. The molecule has 4 aliphatic heterocycles. The molecular formula is C45H78N6O6S2. The molecule has 10 unspecified atom stereocenters. The Labute approximate surface area is 362 Å². The molecule has 10 atom stereocenters. The third-order valence-electron chi connectivity index (χ3n) is 15.5. The minimum atomic E-state index is -0.675. The first-order chi connectivity index (χ1) is 28.4. The molecule has 2 saturated heterocycles. The number of rotatable bonds is 5. The molecule has 0 radical (unpaired) electrons. The molecule has 4 heterocycles. The molecule has 59 heavy (non-hydrogen) atoms. The predicted molar refractivity (Wildman–Crippen MR) is 237 cm³/mol. The number of esters is 1. The number of aliphatic hydroxyl groups is 2. The number of guanidine groups is 1. The van der Waals surface area contributed by atoms with Gasteiger partial charge in [-0.25, -0.2) is 0 Å². The summed E-state index contributed by atoms with van der Waals surface area (Å²) in [7, 11) is 3.87. The van der Waals surface area contributed by atoms with Gasteiger partial charge < -0.3 is 46.7 Å². The monoisotopic (exact) mass is 863 g/mol. The largest absolute Gasteiger partial charge is 0.459 e. The first kappa shape index (κ1) is 45.7. The minimum Gasteiger partial charge on any atom is -0.459 e. The summed E-state index contributed by atoms with van der Waals surface area (Å²) in [4.78, 5) is 33.7. The van der Waals surface area contributed by atoms with Crippen LogP contribution in [0.4, 0.5) is 0 Å². The summed E-state index contributed by atoms with van der Waals surface area (Å²) in [6.07, 6.45) is 21.3. The van der Waals surface area contributed by atoms with Crippen molar-refractivity contribution >= 4 is 39.4 Å². The van der Waals surface area contributed by atoms with E-state index >= 15 is 0 Å². The third kappa shape index (κ3) is 12.5. The summed E-state index contributed by atoms with van der Waals surface area (Å²) < 4.78 is 12.9. The van der Waals surface area contributed by atoms with E-state index in [1.807, 2.05) is 21.6 Å². The van der Waals surface area contributed by atoms with Gasteiger partial charge in [0.1, 0.15) is 5.60 Å². The quantitative estimate of drug-likeness (QED) is 0.133. The van der Waals surface area contributed by atoms with Crippen molar-refractivity contribution in [3.8, 4) is 0 Å². The zero-order chi connectivity index (χ0) is 41.5. The Balaban J connectivity index is 1.12. The molecule has 8 aliphatic rings. The van der Waals surface area contributed by atoms with E-state index in [0.29, 0.717) is 50.8 Å². The van der Waals surface area contributed by atoms with Gasteiger partial charge in [0.05, 0.1) is 35.5 Å². The fourth-order valence-corrected chi connectivity index (χ4v) is 15.6. The van der Waals surface area contributed by atoms with Crippen LogP contribution in [0.3, 0.4) is 0 Å². The topological polar surface area (TPSA) is 185 Å². The van der Waals surface area contributed by atoms with E-state index in [9.17, 15) is 19.8 Å². The van der Waals surface area contributed by atoms with Crippen molar-refractivity contribution in [3.05, 3.63) is 0 Å². The van der Waals surface area contributed by atoms with E-state index in [2.05, 4.69) is 15.5 Å². The molecule has 336 valence electrons. The molecule has 6 fully saturated rings. The Kier molecular flexibility index (Phi) is 16.2. The van der Waals surface area contributed by atoms with Gasteiger partial charge in [0.25, 0.3) is 0 Å². The van der Waals surface area contributed by atoms with Crippen molar-refractivity contribution in [3.63, 3.8) is 0 Å². The summed E-state index contributed by atoms with van der Waals surface area (Å²) in [5.41, 5.74) is 12.2. The van der Waals surface area contributed by atoms with Crippen molar-refractivity contribution in [2.45, 2.75) is 202 Å². The van der Waals surface area contributed by atoms with Crippen molar-refractivity contribution in [1.29, 1.82) is 0 Å². The number of nitrogens with zero attached hydrogens (tertiary/aromatic N) is 2. The Bertz CT molecular complexity index is 1420. The molecule has 8 rings (SSSR count). The fraction of sp³-hybridized carbons (Fsp3) is 0.933. The lowest BCUT2D eigenvalue weighted by molar-refractivity contribution is -0.170. The Morgan fingerprint density at radius 2 is 1.71 bits per heavy atom. The van der Waals surface area contributed by atoms with Gasteiger partial charge in [-0.15, -0.1) is 0 Å². The highest BCUT2D eigenvalue weighted by Crippen LogP contribution is 2.48. The normalized spacial score (nSPS) is 39.8. The minimum absolute atomic E-state index is 0.0258. The number of hydrogen-bond donors (Lipinski definition) is 6. The van der Waals surface area contributed by atoms with Gasteiger partial charge in [-0.05, 0) is 132 Å². The van der Waals surface area contributed by atoms with Crippen LogP contribution in [0.25, 0.3) is 0 Å². The summed E-state index contributed by atoms with van der Waals surface area (Å²) in [5.74, 6) is 2.25. The molecule has 1 amide bonds. The number of fused-ring (bicyclic) bond motifs is 12. The average molecular weight is 863 g/mol. The lowest BCUT2D eigenvalue weighted by Gasteiger charge is -2.45. The highest BCUT2D eigenvalue weighted by molar-refractivity contribution is 8.77. The van der Waals surface area contributed by atoms with Crippen molar-refractivity contribution in [2.24, 2.45) is 45.5 Å². The smallest absolute Gasteiger partial charge is 0.303 e. The maximum Gasteiger partial charge on any atom is 0.303 e. The van der Waals surface area contributed by atoms with Crippen LogP contribution < -0.4 is 22.1 Å². The van der Waals surface area contributed by atoms with Gasteiger partial charge >= 0.3 is 5.97 Å². The molecule has 4 aliphatic carbocycles. The standard InChI is InChI=1S/C45H78N6O6S2/c1-31(52)57-44-17-12-32-23-35(41(55)38(24-32)56-36-10-4-5-11-36)29-51-30-43(28-40(51)54,26-33-14-20-48-39(46)25-33)19-21-49-42(47)50-45(15-6-7-16-45)59-58-22-8-2-3-9-34(13-18-44)37(53)27-44/h32-39,41,48,53,55H,2-30,46H2,1H3,(H3,47,49,50). The number of nitrogens with one attached hydrogen (secondary N) is 2. The van der Waals surface area contributed by atoms with E-state index in [1.165, 1.54) is 19.8 Å². The van der Waals surface area contributed by atoms with Crippen LogP contribution in [0, 0.1) is 29.1 Å². The van der Waals surface area contributed by atoms with Gasteiger partial charge in [-0.3, -0.25) is 14.6 Å². The number of aliphatic hydroxyl groups excluding tert-OH is 2. The SMILES string of the molecule is CC(=O)OC12CCC3CC(CN4CC(CC5CCNC(N)C5)(CCN=C(N)NC5(CCCC5)SSCCCCCC(CC1)C(O)C2)CC4=O)C(O)C(OC1CCCC1)C3. The van der Waals surface area contributed by atoms with Crippen LogP contribution >= 0.6 is 21.6 Å². The maximum atomic E-state index is 14.2. The van der Waals surface area contributed by atoms with Crippen LogP contribution in [0.5, 0.6) is 0 Å². The van der Waals surface area contributed by atoms with Crippen LogP contribution in [0.15, 0.2) is 4.99 Å². The van der Waals surface area contributed by atoms with Crippen LogP contribution in [-0.4, -0.2) is 106 Å². The van der Waals surface area contributed by atoms with E-state index in [1.54, 1.807) is 0 Å². The van der Waals surface area contributed by atoms with Crippen LogP contribution in [-0.2, 0) is 19.1 Å². The number of nitrogens with two attached hydrogens (primary N) is 2. The molecule has 6 bridgehead atoms. The number of amides is 1. The number of carbonyl (C=O) groups is 2. The molecule has 0 aromatic carbocycles. The second kappa shape index (κ2) is 20.9. The molecule has 4 saturated carbocycles. The van der Waals surface area contributed by atoms with Crippen LogP contribution in [0.2, 0.25) is 0 Å². The number of piperidine rings is 1. The zero-order valence-corrected chi connectivity index (χ0v) is 37.7. The van der Waals surface area contributed by atoms with Gasteiger partial charge in [0.2, 0.25) is 5.91 Å². The maximum absolute atomic E-state index is 14.2. The first-order valence-electron chi connectivity index (χ1n) is 23.8. The summed E-state index contributed by atoms with van der Waals surface area (Å²) >= 11 is 0. The summed E-state index contributed by atoms with van der Waals surface area (Å²) in [5, 5.41) is 30.7. The number of aliphatic imine (C=N–C) groups is 1. The fourth-order valence-electron chi connectivity index (χ4n) is 12.5. The van der Waals surface area contributed by atoms with E-state index in [-0.39, 0.29) is 58.3 Å². The third-order valence-corrected chi connectivity index (χ3v) is 18.8. The lowest BCUT2D eigenvalue weighted by atomic mass is 9.70. The van der Waals surface area contributed by atoms with E-state index in [0.717, 1.165) is 134 Å². The van der Waals surface area contributed by atoms with Crippen molar-refractivity contribution in [2.75, 3.05) is 31.9 Å². The highest BCUT2D eigenvalue weighted by Gasteiger charge is 2.49. The van der Waals surface area contributed by atoms with Gasteiger partial charge in [0, 0.05) is 51.1 Å². The number of carbonyl (C=O) groups excluding carboxylic acids is 2. The van der Waals surface area contributed by atoms with Gasteiger partial charge in [-0.2, -0.15) is 0 Å². The first-order valence-corrected chi connectivity index (χ1v) is 26.1. The molecule has 0 aromatic heterocycles. The summed E-state index contributed by atoms with van der Waals surface area (Å²) in [6.45, 7) is 4.12. The van der Waals surface area contributed by atoms with E-state index in [4.69, 9.17) is 25.9 Å². The Hall–Kier alpha value is -1.29. The average Bonchev–Trinajstić information content (AvgIpc) is 3.94. The second-order valence-electron chi connectivity index (χ2n) is 20.3. The Morgan fingerprint density at radius 1 is 0.932 bits per heavy atom.